The molecule has 1 fully saturated rings. The number of benzene rings is 1. The van der Waals surface area contributed by atoms with Gasteiger partial charge in [-0.25, -0.2) is 4.68 Å². The van der Waals surface area contributed by atoms with Gasteiger partial charge in [-0.1, -0.05) is 15.9 Å². The summed E-state index contributed by atoms with van der Waals surface area (Å²) >= 11 is 3.44. The number of aromatic nitrogens is 2. The zero-order chi connectivity index (χ0) is 17.1. The molecule has 1 amide bonds. The lowest BCUT2D eigenvalue weighted by molar-refractivity contribution is 0.0668. The van der Waals surface area contributed by atoms with E-state index < -0.39 is 0 Å². The van der Waals surface area contributed by atoms with Crippen molar-refractivity contribution in [3.63, 3.8) is 0 Å². The summed E-state index contributed by atoms with van der Waals surface area (Å²) in [4.78, 5) is 14.8. The van der Waals surface area contributed by atoms with E-state index in [2.05, 4.69) is 26.3 Å². The molecule has 5 nitrogen and oxygen atoms in total. The minimum Gasteiger partial charge on any atom is -0.337 e. The van der Waals surface area contributed by atoms with Crippen LogP contribution in [0.3, 0.4) is 0 Å². The van der Waals surface area contributed by atoms with Gasteiger partial charge in [0.05, 0.1) is 5.69 Å². The van der Waals surface area contributed by atoms with Gasteiger partial charge in [0.25, 0.3) is 5.91 Å². The minimum atomic E-state index is 0. The fourth-order valence-corrected chi connectivity index (χ4v) is 3.55. The number of hydrogen-bond acceptors (Lipinski definition) is 3. The van der Waals surface area contributed by atoms with Crippen LogP contribution in [0.2, 0.25) is 0 Å². The van der Waals surface area contributed by atoms with Gasteiger partial charge in [-0.2, -0.15) is 5.10 Å². The van der Waals surface area contributed by atoms with Crippen molar-refractivity contribution in [3.05, 3.63) is 46.2 Å². The number of likely N-dealkylation sites (tertiary alicyclic amines) is 1. The second-order valence-electron chi connectivity index (χ2n) is 6.38. The lowest BCUT2D eigenvalue weighted by Crippen LogP contribution is -2.42. The van der Waals surface area contributed by atoms with Crippen molar-refractivity contribution in [2.24, 2.45) is 5.92 Å². The normalized spacial score (nSPS) is 17.2. The Morgan fingerprint density at radius 3 is 2.76 bits per heavy atom. The molecule has 1 aliphatic rings. The monoisotopic (exact) mass is 426 g/mol. The second kappa shape index (κ2) is 8.83. The standard InChI is InChI=1S/C18H23BrN4O.ClH/c1-13-10-17(21-23(13)16-7-5-15(19)6-8-16)18(24)22-9-3-4-14(12-22)11-20-2;/h5-8,10,14,20H,3-4,9,11-12H2,1-2H3;1H. The summed E-state index contributed by atoms with van der Waals surface area (Å²) < 4.78 is 2.85. The topological polar surface area (TPSA) is 50.2 Å². The second-order valence-corrected chi connectivity index (χ2v) is 7.29. The summed E-state index contributed by atoms with van der Waals surface area (Å²) in [5.74, 6) is 0.567. The first-order valence-corrected chi connectivity index (χ1v) is 9.14. The summed E-state index contributed by atoms with van der Waals surface area (Å²) in [5, 5.41) is 7.76. The minimum absolute atomic E-state index is 0. The molecule has 1 saturated heterocycles. The third-order valence-corrected chi connectivity index (χ3v) is 5.01. The Morgan fingerprint density at radius 2 is 2.08 bits per heavy atom. The first-order valence-electron chi connectivity index (χ1n) is 8.35. The molecule has 1 unspecified atom stereocenters. The number of hydrogen-bond donors (Lipinski definition) is 1. The average Bonchev–Trinajstić information content (AvgIpc) is 2.97. The van der Waals surface area contributed by atoms with Crippen LogP contribution in [0, 0.1) is 12.8 Å². The Labute approximate surface area is 163 Å². The van der Waals surface area contributed by atoms with Gasteiger partial charge >= 0.3 is 0 Å². The molecular weight excluding hydrogens is 404 g/mol. The van der Waals surface area contributed by atoms with Crippen molar-refractivity contribution in [2.45, 2.75) is 19.8 Å². The molecular formula is C18H24BrClN4O. The van der Waals surface area contributed by atoms with E-state index in [4.69, 9.17) is 0 Å². The molecule has 1 aromatic carbocycles. The van der Waals surface area contributed by atoms with E-state index in [1.165, 1.54) is 6.42 Å². The van der Waals surface area contributed by atoms with Gasteiger partial charge in [-0.15, -0.1) is 12.4 Å². The van der Waals surface area contributed by atoms with E-state index in [1.807, 2.05) is 53.9 Å². The molecule has 0 spiro atoms. The maximum Gasteiger partial charge on any atom is 0.274 e. The first-order chi connectivity index (χ1) is 11.6. The Bertz CT molecular complexity index is 714. The van der Waals surface area contributed by atoms with Crippen LogP contribution in [0.25, 0.3) is 5.69 Å². The molecule has 3 rings (SSSR count). The lowest BCUT2D eigenvalue weighted by atomic mass is 9.98. The Kier molecular flexibility index (Phi) is 7.04. The highest BCUT2D eigenvalue weighted by molar-refractivity contribution is 9.10. The maximum atomic E-state index is 12.8. The summed E-state index contributed by atoms with van der Waals surface area (Å²) in [6.45, 7) is 4.56. The van der Waals surface area contributed by atoms with Crippen molar-refractivity contribution in [1.82, 2.24) is 20.0 Å². The predicted molar refractivity (Wildman–Crippen MR) is 106 cm³/mol. The summed E-state index contributed by atoms with van der Waals surface area (Å²) in [6.07, 6.45) is 2.24. The molecule has 0 saturated carbocycles. The van der Waals surface area contributed by atoms with Crippen LogP contribution in [-0.4, -0.2) is 47.3 Å². The molecule has 0 radical (unpaired) electrons. The highest BCUT2D eigenvalue weighted by Gasteiger charge is 2.26. The molecule has 7 heteroatoms. The average molecular weight is 428 g/mol. The number of amides is 1. The Hall–Kier alpha value is -1.37. The van der Waals surface area contributed by atoms with E-state index in [-0.39, 0.29) is 18.3 Å². The fraction of sp³-hybridized carbons (Fsp3) is 0.444. The quantitative estimate of drug-likeness (QED) is 0.813. The van der Waals surface area contributed by atoms with Gasteiger partial charge in [-0.3, -0.25) is 4.79 Å². The number of halogens is 2. The van der Waals surface area contributed by atoms with Crippen molar-refractivity contribution < 1.29 is 4.79 Å². The van der Waals surface area contributed by atoms with Crippen LogP contribution in [0.15, 0.2) is 34.8 Å². The van der Waals surface area contributed by atoms with Crippen LogP contribution in [0.4, 0.5) is 0 Å². The first kappa shape index (κ1) is 19.9. The molecule has 0 bridgehead atoms. The number of piperidine rings is 1. The third-order valence-electron chi connectivity index (χ3n) is 4.48. The van der Waals surface area contributed by atoms with Crippen LogP contribution < -0.4 is 5.32 Å². The maximum absolute atomic E-state index is 12.8. The van der Waals surface area contributed by atoms with Gasteiger partial charge in [-0.05, 0) is 69.6 Å². The molecule has 1 N–H and O–H groups in total. The van der Waals surface area contributed by atoms with Crippen LogP contribution in [0.1, 0.15) is 29.0 Å². The molecule has 0 aliphatic carbocycles. The number of nitrogens with one attached hydrogen (secondary N) is 1. The van der Waals surface area contributed by atoms with Gasteiger partial charge in [0.2, 0.25) is 0 Å². The zero-order valence-corrected chi connectivity index (χ0v) is 16.9. The summed E-state index contributed by atoms with van der Waals surface area (Å²) in [5.41, 5.74) is 2.45. The fourth-order valence-electron chi connectivity index (χ4n) is 3.29. The highest BCUT2D eigenvalue weighted by Crippen LogP contribution is 2.20. The Balaban J connectivity index is 0.00000225. The van der Waals surface area contributed by atoms with E-state index >= 15 is 0 Å². The molecule has 25 heavy (non-hydrogen) atoms. The molecule has 1 atom stereocenters. The third kappa shape index (κ3) is 4.63. The van der Waals surface area contributed by atoms with Crippen molar-refractivity contribution >= 4 is 34.2 Å². The number of rotatable bonds is 4. The largest absolute Gasteiger partial charge is 0.337 e. The molecule has 2 heterocycles. The van der Waals surface area contributed by atoms with Crippen LogP contribution in [-0.2, 0) is 0 Å². The number of nitrogens with zero attached hydrogens (tertiary/aromatic N) is 3. The van der Waals surface area contributed by atoms with E-state index in [1.54, 1.807) is 0 Å². The van der Waals surface area contributed by atoms with E-state index in [9.17, 15) is 4.79 Å². The zero-order valence-electron chi connectivity index (χ0n) is 14.5. The van der Waals surface area contributed by atoms with Crippen LogP contribution in [0.5, 0.6) is 0 Å². The Morgan fingerprint density at radius 1 is 1.36 bits per heavy atom. The smallest absolute Gasteiger partial charge is 0.274 e. The summed E-state index contributed by atoms with van der Waals surface area (Å²) in [7, 11) is 1.96. The van der Waals surface area contributed by atoms with E-state index in [0.29, 0.717) is 11.6 Å². The number of carbonyl (C=O) groups excluding carboxylic acids is 1. The molecule has 136 valence electrons. The number of aryl methyl sites for hydroxylation is 1. The van der Waals surface area contributed by atoms with Crippen molar-refractivity contribution in [1.29, 1.82) is 0 Å². The summed E-state index contributed by atoms with van der Waals surface area (Å²) in [6, 6.07) is 9.81. The predicted octanol–water partition coefficient (Wildman–Crippen LogP) is 3.44. The highest BCUT2D eigenvalue weighted by atomic mass is 79.9. The van der Waals surface area contributed by atoms with Gasteiger partial charge in [0.15, 0.2) is 5.69 Å². The van der Waals surface area contributed by atoms with Gasteiger partial charge in [0, 0.05) is 23.3 Å². The lowest BCUT2D eigenvalue weighted by Gasteiger charge is -2.32. The molecule has 1 aromatic heterocycles. The SMILES string of the molecule is CNCC1CCCN(C(=O)c2cc(C)n(-c3ccc(Br)cc3)n2)C1.Cl. The van der Waals surface area contributed by atoms with Gasteiger partial charge in [0.1, 0.15) is 0 Å². The molecule has 1 aliphatic heterocycles. The number of carbonyl (C=O) groups is 1. The van der Waals surface area contributed by atoms with Crippen molar-refractivity contribution in [3.8, 4) is 5.69 Å². The molecule has 2 aromatic rings. The van der Waals surface area contributed by atoms with Crippen LogP contribution >= 0.6 is 28.3 Å². The van der Waals surface area contributed by atoms with Gasteiger partial charge < -0.3 is 10.2 Å². The van der Waals surface area contributed by atoms with Crippen molar-refractivity contribution in [2.75, 3.05) is 26.7 Å². The van der Waals surface area contributed by atoms with E-state index in [0.717, 1.165) is 41.9 Å².